The average Bonchev–Trinajstić information content (AvgIpc) is 2.98. The molecule has 1 amide bonds. The van der Waals surface area contributed by atoms with Crippen LogP contribution in [0.1, 0.15) is 12.0 Å². The van der Waals surface area contributed by atoms with Crippen molar-refractivity contribution in [2.45, 2.75) is 13.0 Å². The fraction of sp³-hybridized carbons (Fsp3) is 0.438. The van der Waals surface area contributed by atoms with Gasteiger partial charge >= 0.3 is 0 Å². The van der Waals surface area contributed by atoms with Crippen LogP contribution in [0.3, 0.4) is 0 Å². The summed E-state index contributed by atoms with van der Waals surface area (Å²) >= 11 is 0. The Labute approximate surface area is 119 Å². The molecular weight excluding hydrogens is 250 g/mol. The van der Waals surface area contributed by atoms with E-state index in [-0.39, 0.29) is 5.91 Å². The largest absolute Gasteiger partial charge is 0.361 e. The van der Waals surface area contributed by atoms with Crippen molar-refractivity contribution >= 4 is 16.8 Å². The number of hydrogen-bond acceptors (Lipinski definition) is 2. The number of hydrogen-bond donors (Lipinski definition) is 1. The second-order valence-electron chi connectivity index (χ2n) is 5.90. The maximum Gasteiger partial charge on any atom is 0.222 e. The molecule has 4 heteroatoms. The SMILES string of the molecule is CN(Cc1cccc2[nH]ccc12)CC1CC(=O)N(C)C1. The molecule has 3 rings (SSSR count). The van der Waals surface area contributed by atoms with E-state index in [0.717, 1.165) is 19.6 Å². The van der Waals surface area contributed by atoms with Gasteiger partial charge < -0.3 is 14.8 Å². The van der Waals surface area contributed by atoms with Crippen LogP contribution in [0, 0.1) is 5.92 Å². The number of aromatic amines is 1. The fourth-order valence-corrected chi connectivity index (χ4v) is 3.16. The molecule has 1 N–H and O–H groups in total. The van der Waals surface area contributed by atoms with Crippen LogP contribution in [0.15, 0.2) is 30.5 Å². The third-order valence-electron chi connectivity index (χ3n) is 4.12. The number of fused-ring (bicyclic) bond motifs is 1. The number of amides is 1. The monoisotopic (exact) mass is 271 g/mol. The Hall–Kier alpha value is -1.81. The first-order chi connectivity index (χ1) is 9.63. The molecule has 106 valence electrons. The molecule has 0 aliphatic carbocycles. The molecule has 1 fully saturated rings. The molecule has 1 saturated heterocycles. The molecule has 1 atom stereocenters. The van der Waals surface area contributed by atoms with Crippen LogP contribution in [0.25, 0.3) is 10.9 Å². The third-order valence-corrected chi connectivity index (χ3v) is 4.12. The smallest absolute Gasteiger partial charge is 0.222 e. The van der Waals surface area contributed by atoms with Gasteiger partial charge in [0, 0.05) is 50.2 Å². The molecule has 2 aromatic rings. The molecule has 1 aliphatic rings. The van der Waals surface area contributed by atoms with Gasteiger partial charge in [-0.2, -0.15) is 0 Å². The number of rotatable bonds is 4. The van der Waals surface area contributed by atoms with Gasteiger partial charge in [-0.15, -0.1) is 0 Å². The Morgan fingerprint density at radius 2 is 2.25 bits per heavy atom. The highest BCUT2D eigenvalue weighted by atomic mass is 16.2. The van der Waals surface area contributed by atoms with Gasteiger partial charge in [-0.05, 0) is 30.7 Å². The summed E-state index contributed by atoms with van der Waals surface area (Å²) in [6.07, 6.45) is 2.67. The molecule has 1 unspecified atom stereocenters. The number of carbonyl (C=O) groups is 1. The summed E-state index contributed by atoms with van der Waals surface area (Å²) in [5, 5.41) is 1.29. The van der Waals surface area contributed by atoms with E-state index >= 15 is 0 Å². The zero-order chi connectivity index (χ0) is 14.1. The molecule has 2 heterocycles. The summed E-state index contributed by atoms with van der Waals surface area (Å²) in [7, 11) is 4.02. The molecule has 1 aromatic carbocycles. The van der Waals surface area contributed by atoms with Crippen molar-refractivity contribution in [2.75, 3.05) is 27.2 Å². The topological polar surface area (TPSA) is 39.3 Å². The van der Waals surface area contributed by atoms with Crippen LogP contribution in [0.5, 0.6) is 0 Å². The summed E-state index contributed by atoms with van der Waals surface area (Å²) in [6, 6.07) is 8.50. The summed E-state index contributed by atoms with van der Waals surface area (Å²) in [4.78, 5) is 19.0. The Morgan fingerprint density at radius 3 is 3.00 bits per heavy atom. The van der Waals surface area contributed by atoms with Crippen molar-refractivity contribution in [3.8, 4) is 0 Å². The number of benzene rings is 1. The number of aromatic nitrogens is 1. The summed E-state index contributed by atoms with van der Waals surface area (Å²) < 4.78 is 0. The van der Waals surface area contributed by atoms with Gasteiger partial charge in [-0.1, -0.05) is 12.1 Å². The number of nitrogens with one attached hydrogen (secondary N) is 1. The summed E-state index contributed by atoms with van der Waals surface area (Å²) in [5.74, 6) is 0.735. The van der Waals surface area contributed by atoms with E-state index in [2.05, 4.69) is 41.2 Å². The number of likely N-dealkylation sites (tertiary alicyclic amines) is 1. The molecule has 20 heavy (non-hydrogen) atoms. The van der Waals surface area contributed by atoms with E-state index in [4.69, 9.17) is 0 Å². The highest BCUT2D eigenvalue weighted by Gasteiger charge is 2.27. The number of carbonyl (C=O) groups excluding carboxylic acids is 1. The average molecular weight is 271 g/mol. The van der Waals surface area contributed by atoms with Gasteiger partial charge in [-0.25, -0.2) is 0 Å². The lowest BCUT2D eigenvalue weighted by atomic mass is 10.1. The maximum atomic E-state index is 11.6. The highest BCUT2D eigenvalue weighted by Crippen LogP contribution is 2.21. The number of H-pyrrole nitrogens is 1. The Bertz CT molecular complexity index is 619. The van der Waals surface area contributed by atoms with Crippen molar-refractivity contribution in [1.82, 2.24) is 14.8 Å². The first-order valence-electron chi connectivity index (χ1n) is 7.11. The van der Waals surface area contributed by atoms with Crippen molar-refractivity contribution in [1.29, 1.82) is 0 Å². The van der Waals surface area contributed by atoms with Crippen molar-refractivity contribution in [2.24, 2.45) is 5.92 Å². The Kier molecular flexibility index (Phi) is 3.49. The lowest BCUT2D eigenvalue weighted by molar-refractivity contribution is -0.126. The molecule has 1 aromatic heterocycles. The fourth-order valence-electron chi connectivity index (χ4n) is 3.16. The van der Waals surface area contributed by atoms with Crippen LogP contribution in [-0.2, 0) is 11.3 Å². The van der Waals surface area contributed by atoms with E-state index in [1.54, 1.807) is 0 Å². The van der Waals surface area contributed by atoms with Gasteiger partial charge in [0.1, 0.15) is 0 Å². The minimum Gasteiger partial charge on any atom is -0.361 e. The second-order valence-corrected chi connectivity index (χ2v) is 5.90. The van der Waals surface area contributed by atoms with Crippen LogP contribution in [0.2, 0.25) is 0 Å². The lowest BCUT2D eigenvalue weighted by Gasteiger charge is -2.21. The minimum atomic E-state index is 0.274. The maximum absolute atomic E-state index is 11.6. The number of nitrogens with zero attached hydrogens (tertiary/aromatic N) is 2. The van der Waals surface area contributed by atoms with Crippen molar-refractivity contribution < 1.29 is 4.79 Å². The van der Waals surface area contributed by atoms with Crippen molar-refractivity contribution in [3.05, 3.63) is 36.0 Å². The minimum absolute atomic E-state index is 0.274. The van der Waals surface area contributed by atoms with E-state index in [1.165, 1.54) is 16.5 Å². The first kappa shape index (κ1) is 13.2. The Morgan fingerprint density at radius 1 is 1.40 bits per heavy atom. The van der Waals surface area contributed by atoms with Gasteiger partial charge in [0.25, 0.3) is 0 Å². The molecule has 0 bridgehead atoms. The molecule has 0 saturated carbocycles. The highest BCUT2D eigenvalue weighted by molar-refractivity contribution is 5.82. The van der Waals surface area contributed by atoms with E-state index < -0.39 is 0 Å². The third kappa shape index (κ3) is 2.56. The first-order valence-corrected chi connectivity index (χ1v) is 7.11. The van der Waals surface area contributed by atoms with Gasteiger partial charge in [0.2, 0.25) is 5.91 Å². The zero-order valence-electron chi connectivity index (χ0n) is 12.1. The van der Waals surface area contributed by atoms with Crippen LogP contribution in [0.4, 0.5) is 0 Å². The molecule has 4 nitrogen and oxygen atoms in total. The predicted molar refractivity (Wildman–Crippen MR) is 80.4 cm³/mol. The molecular formula is C16H21N3O. The van der Waals surface area contributed by atoms with Crippen LogP contribution >= 0.6 is 0 Å². The Balaban J connectivity index is 1.66. The van der Waals surface area contributed by atoms with E-state index in [1.807, 2.05) is 18.1 Å². The van der Waals surface area contributed by atoms with E-state index in [0.29, 0.717) is 12.3 Å². The van der Waals surface area contributed by atoms with Crippen LogP contribution in [-0.4, -0.2) is 47.9 Å². The quantitative estimate of drug-likeness (QED) is 0.924. The van der Waals surface area contributed by atoms with Crippen LogP contribution < -0.4 is 0 Å². The predicted octanol–water partition coefficient (Wildman–Crippen LogP) is 2.08. The molecule has 0 spiro atoms. The normalized spacial score (nSPS) is 19.4. The zero-order valence-corrected chi connectivity index (χ0v) is 12.1. The lowest BCUT2D eigenvalue weighted by Crippen LogP contribution is -2.27. The standard InChI is InChI=1S/C16H21N3O/c1-18(9-12-8-16(20)19(2)10-12)11-13-4-3-5-15-14(13)6-7-17-15/h3-7,12,17H,8-11H2,1-2H3. The van der Waals surface area contributed by atoms with E-state index in [9.17, 15) is 4.79 Å². The molecule has 1 aliphatic heterocycles. The van der Waals surface area contributed by atoms with Crippen molar-refractivity contribution in [3.63, 3.8) is 0 Å². The molecule has 0 radical (unpaired) electrons. The summed E-state index contributed by atoms with van der Waals surface area (Å²) in [5.41, 5.74) is 2.52. The van der Waals surface area contributed by atoms with Gasteiger partial charge in [-0.3, -0.25) is 4.79 Å². The van der Waals surface area contributed by atoms with Gasteiger partial charge in [0.05, 0.1) is 0 Å². The second kappa shape index (κ2) is 5.29. The summed E-state index contributed by atoms with van der Waals surface area (Å²) in [6.45, 7) is 2.78. The van der Waals surface area contributed by atoms with Gasteiger partial charge in [0.15, 0.2) is 0 Å².